The van der Waals surface area contributed by atoms with Crippen molar-refractivity contribution in [2.75, 3.05) is 6.79 Å². The monoisotopic (exact) mass is 403 g/mol. The van der Waals surface area contributed by atoms with E-state index in [4.69, 9.17) is 9.47 Å². The highest BCUT2D eigenvalue weighted by atomic mass is 32.1. The first-order valence-corrected chi connectivity index (χ1v) is 10.0. The standard InChI is InChI=1S/C23H17NO4S/c1-14-6-8-16(29-14)11-19-17-4-2-3-5-18(17)22(25)24(23(19)26)12-15-7-9-20-21(10-15)28-13-27-20/h2-11H,12-13H2,1H3. The van der Waals surface area contributed by atoms with Crippen molar-refractivity contribution < 1.29 is 19.1 Å². The molecule has 5 rings (SSSR count). The molecule has 0 saturated carbocycles. The molecule has 1 aromatic heterocycles. The largest absolute Gasteiger partial charge is 0.454 e. The van der Waals surface area contributed by atoms with E-state index < -0.39 is 0 Å². The van der Waals surface area contributed by atoms with Gasteiger partial charge < -0.3 is 9.47 Å². The van der Waals surface area contributed by atoms with E-state index in [1.165, 1.54) is 9.78 Å². The van der Waals surface area contributed by atoms with Crippen LogP contribution in [0, 0.1) is 6.92 Å². The molecule has 0 saturated heterocycles. The van der Waals surface area contributed by atoms with Gasteiger partial charge in [0.25, 0.3) is 11.8 Å². The number of imide groups is 1. The summed E-state index contributed by atoms with van der Waals surface area (Å²) in [6.45, 7) is 2.38. The maximum absolute atomic E-state index is 13.3. The van der Waals surface area contributed by atoms with Crippen LogP contribution in [0.4, 0.5) is 0 Å². The van der Waals surface area contributed by atoms with Gasteiger partial charge in [-0.05, 0) is 54.5 Å². The summed E-state index contributed by atoms with van der Waals surface area (Å²) in [4.78, 5) is 29.9. The van der Waals surface area contributed by atoms with E-state index in [0.717, 1.165) is 10.4 Å². The quantitative estimate of drug-likeness (QED) is 0.477. The van der Waals surface area contributed by atoms with E-state index in [2.05, 4.69) is 0 Å². The van der Waals surface area contributed by atoms with Crippen LogP contribution in [-0.4, -0.2) is 23.5 Å². The van der Waals surface area contributed by atoms with Gasteiger partial charge in [0.05, 0.1) is 6.54 Å². The number of fused-ring (bicyclic) bond motifs is 2. The first-order valence-electron chi connectivity index (χ1n) is 9.22. The third kappa shape index (κ3) is 3.11. The second kappa shape index (κ2) is 6.90. The lowest BCUT2D eigenvalue weighted by Gasteiger charge is -2.28. The molecule has 2 aliphatic heterocycles. The summed E-state index contributed by atoms with van der Waals surface area (Å²) in [6.07, 6.45) is 1.87. The SMILES string of the molecule is Cc1ccc(C=C2C(=O)N(Cc3ccc4c(c3)OCO4)C(=O)c3ccccc32)s1. The molecule has 2 aromatic carbocycles. The molecule has 0 fully saturated rings. The van der Waals surface area contributed by atoms with Gasteiger partial charge >= 0.3 is 0 Å². The lowest BCUT2D eigenvalue weighted by Crippen LogP contribution is -2.41. The highest BCUT2D eigenvalue weighted by Gasteiger charge is 2.35. The lowest BCUT2D eigenvalue weighted by molar-refractivity contribution is -0.123. The van der Waals surface area contributed by atoms with Crippen molar-refractivity contribution in [2.45, 2.75) is 13.5 Å². The summed E-state index contributed by atoms with van der Waals surface area (Å²) in [5.41, 5.74) is 2.55. The highest BCUT2D eigenvalue weighted by molar-refractivity contribution is 7.12. The Morgan fingerprint density at radius 3 is 2.55 bits per heavy atom. The van der Waals surface area contributed by atoms with E-state index >= 15 is 0 Å². The molecule has 0 radical (unpaired) electrons. The van der Waals surface area contributed by atoms with Crippen molar-refractivity contribution in [3.8, 4) is 11.5 Å². The summed E-state index contributed by atoms with van der Waals surface area (Å²) in [5, 5.41) is 0. The maximum Gasteiger partial charge on any atom is 0.261 e. The number of hydrogen-bond donors (Lipinski definition) is 0. The van der Waals surface area contributed by atoms with Crippen molar-refractivity contribution in [1.29, 1.82) is 0 Å². The summed E-state index contributed by atoms with van der Waals surface area (Å²) >= 11 is 1.62. The first-order chi connectivity index (χ1) is 14.1. The molecule has 2 amide bonds. The highest BCUT2D eigenvalue weighted by Crippen LogP contribution is 2.35. The Hall–Kier alpha value is -3.38. The number of benzene rings is 2. The smallest absolute Gasteiger partial charge is 0.261 e. The fourth-order valence-corrected chi connectivity index (χ4v) is 4.40. The second-order valence-electron chi connectivity index (χ2n) is 6.94. The Balaban J connectivity index is 1.55. The fourth-order valence-electron chi connectivity index (χ4n) is 3.58. The van der Waals surface area contributed by atoms with Crippen LogP contribution in [0.25, 0.3) is 11.6 Å². The number of thiophene rings is 1. The van der Waals surface area contributed by atoms with Gasteiger partial charge in [0.15, 0.2) is 11.5 Å². The maximum atomic E-state index is 13.3. The summed E-state index contributed by atoms with van der Waals surface area (Å²) in [7, 11) is 0. The summed E-state index contributed by atoms with van der Waals surface area (Å²) in [5.74, 6) is 0.717. The molecule has 2 aliphatic rings. The third-order valence-electron chi connectivity index (χ3n) is 4.99. The molecular weight excluding hydrogens is 386 g/mol. The molecule has 0 aliphatic carbocycles. The predicted octanol–water partition coefficient (Wildman–Crippen LogP) is 4.51. The Morgan fingerprint density at radius 1 is 0.966 bits per heavy atom. The van der Waals surface area contributed by atoms with Crippen molar-refractivity contribution in [1.82, 2.24) is 4.90 Å². The minimum absolute atomic E-state index is 0.170. The van der Waals surface area contributed by atoms with Crippen molar-refractivity contribution in [3.05, 3.63) is 81.0 Å². The van der Waals surface area contributed by atoms with E-state index in [0.29, 0.717) is 28.2 Å². The number of amides is 2. The van der Waals surface area contributed by atoms with Crippen LogP contribution in [0.15, 0.2) is 54.6 Å². The third-order valence-corrected chi connectivity index (χ3v) is 5.94. The molecule has 144 valence electrons. The number of nitrogens with zero attached hydrogens (tertiary/aromatic N) is 1. The summed E-state index contributed by atoms with van der Waals surface area (Å²) in [6, 6.07) is 16.7. The van der Waals surface area contributed by atoms with Crippen molar-refractivity contribution in [3.63, 3.8) is 0 Å². The van der Waals surface area contributed by atoms with Crippen LogP contribution in [0.2, 0.25) is 0 Å². The Kier molecular flexibility index (Phi) is 4.21. The zero-order chi connectivity index (χ0) is 20.0. The van der Waals surface area contributed by atoms with E-state index in [1.54, 1.807) is 23.5 Å². The van der Waals surface area contributed by atoms with Gasteiger partial charge in [0.1, 0.15) is 0 Å². The first kappa shape index (κ1) is 17.7. The summed E-state index contributed by atoms with van der Waals surface area (Å²) < 4.78 is 10.8. The average Bonchev–Trinajstić information content (AvgIpc) is 3.36. The van der Waals surface area contributed by atoms with Crippen LogP contribution < -0.4 is 9.47 Å². The molecule has 0 atom stereocenters. The molecule has 0 spiro atoms. The predicted molar refractivity (Wildman–Crippen MR) is 111 cm³/mol. The number of carbonyl (C=O) groups is 2. The zero-order valence-corrected chi connectivity index (χ0v) is 16.5. The lowest BCUT2D eigenvalue weighted by atomic mass is 9.92. The van der Waals surface area contributed by atoms with Gasteiger partial charge in [-0.15, -0.1) is 11.3 Å². The second-order valence-corrected chi connectivity index (χ2v) is 8.26. The van der Waals surface area contributed by atoms with Gasteiger partial charge in [-0.25, -0.2) is 0 Å². The van der Waals surface area contributed by atoms with E-state index in [1.807, 2.05) is 55.5 Å². The molecule has 3 aromatic rings. The minimum atomic E-state index is -0.294. The molecule has 0 N–H and O–H groups in total. The molecule has 0 unspecified atom stereocenters. The van der Waals surface area contributed by atoms with Gasteiger partial charge in [-0.3, -0.25) is 14.5 Å². The number of rotatable bonds is 3. The zero-order valence-electron chi connectivity index (χ0n) is 15.7. The molecule has 0 bridgehead atoms. The van der Waals surface area contributed by atoms with Crippen LogP contribution in [0.3, 0.4) is 0 Å². The Bertz CT molecular complexity index is 1180. The number of hydrogen-bond acceptors (Lipinski definition) is 5. The molecule has 3 heterocycles. The Morgan fingerprint density at radius 2 is 1.76 bits per heavy atom. The van der Waals surface area contributed by atoms with Gasteiger partial charge in [0.2, 0.25) is 6.79 Å². The van der Waals surface area contributed by atoms with E-state index in [-0.39, 0.29) is 25.2 Å². The topological polar surface area (TPSA) is 55.8 Å². The van der Waals surface area contributed by atoms with Gasteiger partial charge in [-0.1, -0.05) is 24.3 Å². The van der Waals surface area contributed by atoms with Crippen LogP contribution >= 0.6 is 11.3 Å². The number of aryl methyl sites for hydroxylation is 1. The average molecular weight is 403 g/mol. The molecule has 29 heavy (non-hydrogen) atoms. The van der Waals surface area contributed by atoms with Crippen LogP contribution in [0.1, 0.15) is 31.2 Å². The molecule has 6 heteroatoms. The number of ether oxygens (including phenoxy) is 2. The van der Waals surface area contributed by atoms with Gasteiger partial charge in [0, 0.05) is 20.9 Å². The molecule has 5 nitrogen and oxygen atoms in total. The minimum Gasteiger partial charge on any atom is -0.454 e. The van der Waals surface area contributed by atoms with Gasteiger partial charge in [-0.2, -0.15) is 0 Å². The Labute approximate surface area is 171 Å². The van der Waals surface area contributed by atoms with Crippen molar-refractivity contribution in [2.24, 2.45) is 0 Å². The van der Waals surface area contributed by atoms with E-state index in [9.17, 15) is 9.59 Å². The molecular formula is C23H17NO4S. The van der Waals surface area contributed by atoms with Crippen LogP contribution in [0.5, 0.6) is 11.5 Å². The van der Waals surface area contributed by atoms with Crippen LogP contribution in [-0.2, 0) is 11.3 Å². The fraction of sp³-hybridized carbons (Fsp3) is 0.130. The van der Waals surface area contributed by atoms with Crippen molar-refractivity contribution >= 4 is 34.8 Å². The number of carbonyl (C=O) groups excluding carboxylic acids is 2. The normalized spacial score (nSPS) is 16.4.